The number of esters is 1. The van der Waals surface area contributed by atoms with Gasteiger partial charge in [0.05, 0.1) is 25.8 Å². The quantitative estimate of drug-likeness (QED) is 0.587. The van der Waals surface area contributed by atoms with Crippen molar-refractivity contribution in [3.63, 3.8) is 0 Å². The summed E-state index contributed by atoms with van der Waals surface area (Å²) in [6, 6.07) is 0. The van der Waals surface area contributed by atoms with Gasteiger partial charge in [0.1, 0.15) is 11.2 Å². The molecule has 0 N–H and O–H groups in total. The largest absolute Gasteiger partial charge is 0.468 e. The van der Waals surface area contributed by atoms with Crippen LogP contribution in [0.25, 0.3) is 0 Å². The third kappa shape index (κ3) is 1.07. The van der Waals surface area contributed by atoms with E-state index in [1.54, 1.807) is 7.11 Å². The average Bonchev–Trinajstić information content (AvgIpc) is 3.26. The topological polar surface area (TPSA) is 52.6 Å². The normalized spacial score (nSPS) is 47.6. The minimum atomic E-state index is -2.02. The van der Waals surface area contributed by atoms with Gasteiger partial charge >= 0.3 is 5.97 Å². The van der Waals surface area contributed by atoms with Crippen LogP contribution in [0.5, 0.6) is 0 Å². The molecule has 0 aromatic heterocycles. The second-order valence-corrected chi connectivity index (χ2v) is 15.1. The lowest BCUT2D eigenvalue weighted by atomic mass is 9.56. The van der Waals surface area contributed by atoms with Crippen molar-refractivity contribution in [3.8, 4) is 0 Å². The van der Waals surface area contributed by atoms with E-state index >= 15 is 0 Å². The number of fused-ring (bicyclic) bond motifs is 1. The number of methoxy groups -OCH3 is 2. The summed E-state index contributed by atoms with van der Waals surface area (Å²) in [6.07, 6.45) is 2.70. The highest BCUT2D eigenvalue weighted by molar-refractivity contribution is 6.85. The maximum Gasteiger partial charge on any atom is 0.316 e. The van der Waals surface area contributed by atoms with Crippen molar-refractivity contribution in [2.75, 3.05) is 14.2 Å². The van der Waals surface area contributed by atoms with E-state index in [4.69, 9.17) is 9.47 Å². The molecule has 4 atom stereocenters. The van der Waals surface area contributed by atoms with Crippen molar-refractivity contribution in [2.45, 2.75) is 63.4 Å². The molecule has 5 fully saturated rings. The van der Waals surface area contributed by atoms with Crippen LogP contribution in [0, 0.1) is 22.2 Å². The molecule has 5 aliphatic rings. The number of carbonyl (C=O) groups excluding carboxylic acids is 2. The summed E-state index contributed by atoms with van der Waals surface area (Å²) in [5, 5.41) is -0.606. The highest BCUT2D eigenvalue weighted by Crippen LogP contribution is 3.03. The first-order valence-electron chi connectivity index (χ1n) is 8.66. The van der Waals surface area contributed by atoms with E-state index in [1.807, 2.05) is 0 Å². The fraction of sp³-hybridized carbons (Fsp3) is 0.889. The molecule has 1 spiro atoms. The zero-order chi connectivity index (χ0) is 17.3. The molecule has 0 amide bonds. The number of hydrogen-bond donors (Lipinski definition) is 0. The van der Waals surface area contributed by atoms with Crippen LogP contribution in [-0.2, 0) is 19.1 Å². The summed E-state index contributed by atoms with van der Waals surface area (Å²) in [4.78, 5) is 26.9. The van der Waals surface area contributed by atoms with Crippen LogP contribution in [0.3, 0.4) is 0 Å². The monoisotopic (exact) mass is 336 g/mol. The van der Waals surface area contributed by atoms with Gasteiger partial charge in [0, 0.05) is 18.4 Å². The molecule has 23 heavy (non-hydrogen) atoms. The molecule has 5 aliphatic carbocycles. The van der Waals surface area contributed by atoms with Gasteiger partial charge in [0.2, 0.25) is 0 Å². The zero-order valence-corrected chi connectivity index (χ0v) is 16.3. The molecular formula is C18H28O4Si. The summed E-state index contributed by atoms with van der Waals surface area (Å²) in [6.45, 7) is 11.0. The molecule has 0 unspecified atom stereocenters. The molecule has 4 nitrogen and oxygen atoms in total. The molecule has 128 valence electrons. The first-order valence-corrected chi connectivity index (χ1v) is 12.2. The third-order valence-electron chi connectivity index (χ3n) is 7.88. The van der Waals surface area contributed by atoms with Gasteiger partial charge in [-0.25, -0.2) is 0 Å². The van der Waals surface area contributed by atoms with Gasteiger partial charge in [-0.1, -0.05) is 33.5 Å². The first kappa shape index (κ1) is 15.8. The van der Waals surface area contributed by atoms with Crippen LogP contribution in [0.2, 0.25) is 24.7 Å². The average molecular weight is 337 g/mol. The molecule has 5 rings (SSSR count). The molecule has 0 heterocycles. The standard InChI is InChI=1S/C18H28O4Si/c1-14(2)10-16(22-4)17(13(20)21-3)15(8-9-15)11(14)12(19)18(16,17)23(5,6)7/h11H,8-10H2,1-7H3/t11-,16-,17-,18-/m1/s1. The Morgan fingerprint density at radius 1 is 1.17 bits per heavy atom. The summed E-state index contributed by atoms with van der Waals surface area (Å²) in [5.74, 6) is 0.112. The molecular weight excluding hydrogens is 308 g/mol. The van der Waals surface area contributed by atoms with Crippen molar-refractivity contribution in [1.29, 1.82) is 0 Å². The number of hydrogen-bond acceptors (Lipinski definition) is 4. The highest BCUT2D eigenvalue weighted by Gasteiger charge is 3.10. The van der Waals surface area contributed by atoms with Gasteiger partial charge in [-0.15, -0.1) is 0 Å². The molecule has 5 saturated carbocycles. The Kier molecular flexibility index (Phi) is 2.49. The number of rotatable bonds is 3. The van der Waals surface area contributed by atoms with Gasteiger partial charge in [0.25, 0.3) is 0 Å². The fourth-order valence-electron chi connectivity index (χ4n) is 7.94. The fourth-order valence-corrected chi connectivity index (χ4v) is 12.0. The Morgan fingerprint density at radius 2 is 1.74 bits per heavy atom. The lowest BCUT2D eigenvalue weighted by Crippen LogP contribution is -2.57. The van der Waals surface area contributed by atoms with E-state index < -0.39 is 24.1 Å². The number of ether oxygens (including phenoxy) is 2. The maximum absolute atomic E-state index is 13.8. The van der Waals surface area contributed by atoms with Crippen LogP contribution in [-0.4, -0.2) is 39.6 Å². The van der Waals surface area contributed by atoms with Gasteiger partial charge < -0.3 is 9.47 Å². The van der Waals surface area contributed by atoms with E-state index in [0.29, 0.717) is 5.78 Å². The van der Waals surface area contributed by atoms with Crippen LogP contribution in [0.4, 0.5) is 0 Å². The van der Waals surface area contributed by atoms with E-state index in [-0.39, 0.29) is 22.7 Å². The van der Waals surface area contributed by atoms with Gasteiger partial charge in [-0.2, -0.15) is 0 Å². The number of ketones is 1. The smallest absolute Gasteiger partial charge is 0.316 e. The Labute approximate surface area is 139 Å². The minimum absolute atomic E-state index is 0.0159. The van der Waals surface area contributed by atoms with Crippen LogP contribution >= 0.6 is 0 Å². The Morgan fingerprint density at radius 3 is 2.13 bits per heavy atom. The van der Waals surface area contributed by atoms with Crippen molar-refractivity contribution in [2.24, 2.45) is 22.2 Å². The van der Waals surface area contributed by atoms with Crippen LogP contribution < -0.4 is 0 Å². The Balaban J connectivity index is 2.09. The summed E-state index contributed by atoms with van der Waals surface area (Å²) in [7, 11) is 1.14. The first-order chi connectivity index (χ1) is 10.5. The molecule has 5 heteroatoms. The predicted molar refractivity (Wildman–Crippen MR) is 88.8 cm³/mol. The molecule has 0 aromatic carbocycles. The predicted octanol–water partition coefficient (Wildman–Crippen LogP) is 3.03. The number of Topliss-reactive ketones (excluding diaryl/α,β-unsaturated/α-hetero) is 1. The van der Waals surface area contributed by atoms with Crippen LogP contribution in [0.15, 0.2) is 0 Å². The second kappa shape index (κ2) is 3.62. The lowest BCUT2D eigenvalue weighted by Gasteiger charge is -2.51. The minimum Gasteiger partial charge on any atom is -0.468 e. The summed E-state index contributed by atoms with van der Waals surface area (Å²) >= 11 is 0. The summed E-state index contributed by atoms with van der Waals surface area (Å²) < 4.78 is 11.5. The second-order valence-electron chi connectivity index (χ2n) is 9.89. The van der Waals surface area contributed by atoms with Crippen LogP contribution in [0.1, 0.15) is 33.1 Å². The zero-order valence-electron chi connectivity index (χ0n) is 15.3. The lowest BCUT2D eigenvalue weighted by molar-refractivity contribution is -0.169. The highest BCUT2D eigenvalue weighted by atomic mass is 28.3. The van der Waals surface area contributed by atoms with Crippen molar-refractivity contribution in [1.82, 2.24) is 0 Å². The van der Waals surface area contributed by atoms with E-state index in [9.17, 15) is 9.59 Å². The Bertz CT molecular complexity index is 644. The Hall–Kier alpha value is -0.683. The molecule has 4 bridgehead atoms. The number of carbonyl (C=O) groups is 2. The molecule has 0 saturated heterocycles. The van der Waals surface area contributed by atoms with Crippen molar-refractivity contribution >= 4 is 19.8 Å². The molecule has 0 radical (unpaired) electrons. The maximum atomic E-state index is 13.8. The van der Waals surface area contributed by atoms with Crippen molar-refractivity contribution < 1.29 is 19.1 Å². The molecule has 0 aromatic rings. The van der Waals surface area contributed by atoms with E-state index in [2.05, 4.69) is 33.5 Å². The van der Waals surface area contributed by atoms with E-state index in [1.165, 1.54) is 7.11 Å². The molecule has 0 aliphatic heterocycles. The van der Waals surface area contributed by atoms with Gasteiger partial charge in [0.15, 0.2) is 0 Å². The summed E-state index contributed by atoms with van der Waals surface area (Å²) in [5.41, 5.74) is -1.70. The van der Waals surface area contributed by atoms with E-state index in [0.717, 1.165) is 19.3 Å². The van der Waals surface area contributed by atoms with Crippen molar-refractivity contribution in [3.05, 3.63) is 0 Å². The SMILES string of the molecule is COC(=O)[C@]12C3(CC3)[C@@H]3C(=O)[C@@]1([Si](C)(C)C)[C@@]2(OC)CC3(C)C. The third-order valence-corrected chi connectivity index (χ3v) is 11.2. The van der Waals surface area contributed by atoms with Gasteiger partial charge in [-0.05, 0) is 24.7 Å². The van der Waals surface area contributed by atoms with Gasteiger partial charge in [-0.3, -0.25) is 9.59 Å².